The molecule has 2 aromatic rings. The first-order valence-electron chi connectivity index (χ1n) is 4.60. The fourth-order valence-electron chi connectivity index (χ4n) is 1.37. The Kier molecular flexibility index (Phi) is 2.60. The number of carboxylic acids is 1. The molecule has 1 heterocycles. The van der Waals surface area contributed by atoms with E-state index in [2.05, 4.69) is 0 Å². The molecule has 1 aromatic carbocycles. The van der Waals surface area contributed by atoms with Crippen molar-refractivity contribution in [1.82, 2.24) is 0 Å². The molecule has 0 radical (unpaired) electrons. The van der Waals surface area contributed by atoms with Crippen LogP contribution >= 0.6 is 11.3 Å². The number of carbonyl (C=O) groups is 1. The summed E-state index contributed by atoms with van der Waals surface area (Å²) >= 11 is 1.27. The largest absolute Gasteiger partial charge is 0.494 e. The summed E-state index contributed by atoms with van der Waals surface area (Å²) in [6.07, 6.45) is 0. The fraction of sp³-hybridized carbons (Fsp3) is 0.182. The van der Waals surface area contributed by atoms with Gasteiger partial charge in [-0.15, -0.1) is 11.3 Å². The number of carboxylic acid groups (broad SMARTS) is 1. The molecule has 0 bridgehead atoms. The third kappa shape index (κ3) is 1.94. The van der Waals surface area contributed by atoms with Crippen LogP contribution in [0.4, 0.5) is 0 Å². The molecule has 78 valence electrons. The van der Waals surface area contributed by atoms with Crippen LogP contribution in [0.25, 0.3) is 10.1 Å². The van der Waals surface area contributed by atoms with E-state index in [1.807, 2.05) is 25.1 Å². The lowest BCUT2D eigenvalue weighted by molar-refractivity contribution is 0.0702. The first kappa shape index (κ1) is 9.98. The average Bonchev–Trinajstić information content (AvgIpc) is 2.61. The topological polar surface area (TPSA) is 46.5 Å². The van der Waals surface area contributed by atoms with Gasteiger partial charge < -0.3 is 9.84 Å². The maximum atomic E-state index is 10.8. The van der Waals surface area contributed by atoms with Gasteiger partial charge in [0.05, 0.1) is 6.61 Å². The molecule has 0 spiro atoms. The van der Waals surface area contributed by atoms with Crippen molar-refractivity contribution in [2.75, 3.05) is 6.61 Å². The van der Waals surface area contributed by atoms with Gasteiger partial charge in [-0.2, -0.15) is 0 Å². The van der Waals surface area contributed by atoms with Gasteiger partial charge in [0.1, 0.15) is 10.6 Å². The van der Waals surface area contributed by atoms with Crippen molar-refractivity contribution in [2.45, 2.75) is 6.92 Å². The van der Waals surface area contributed by atoms with E-state index in [-0.39, 0.29) is 0 Å². The zero-order valence-electron chi connectivity index (χ0n) is 8.19. The quantitative estimate of drug-likeness (QED) is 0.868. The molecular weight excluding hydrogens is 212 g/mol. The van der Waals surface area contributed by atoms with Crippen LogP contribution in [0.1, 0.15) is 16.6 Å². The second-order valence-electron chi connectivity index (χ2n) is 3.05. The van der Waals surface area contributed by atoms with Crippen LogP contribution < -0.4 is 4.74 Å². The zero-order chi connectivity index (χ0) is 10.8. The van der Waals surface area contributed by atoms with Crippen LogP contribution in [0, 0.1) is 0 Å². The first-order valence-corrected chi connectivity index (χ1v) is 5.42. The zero-order valence-corrected chi connectivity index (χ0v) is 9.00. The highest BCUT2D eigenvalue weighted by Crippen LogP contribution is 2.29. The predicted octanol–water partition coefficient (Wildman–Crippen LogP) is 3.00. The highest BCUT2D eigenvalue weighted by atomic mass is 32.1. The monoisotopic (exact) mass is 222 g/mol. The van der Waals surface area contributed by atoms with E-state index in [1.165, 1.54) is 11.3 Å². The highest BCUT2D eigenvalue weighted by Gasteiger charge is 2.08. The SMILES string of the molecule is CCOc1ccc2cc(C(=O)O)sc2c1. The predicted molar refractivity (Wildman–Crippen MR) is 60.0 cm³/mol. The maximum absolute atomic E-state index is 10.8. The van der Waals surface area contributed by atoms with Crippen LogP contribution in [-0.4, -0.2) is 17.7 Å². The number of benzene rings is 1. The molecular formula is C11H10O3S. The molecule has 0 atom stereocenters. The summed E-state index contributed by atoms with van der Waals surface area (Å²) < 4.78 is 6.29. The van der Waals surface area contributed by atoms with E-state index in [1.54, 1.807) is 6.07 Å². The van der Waals surface area contributed by atoms with E-state index >= 15 is 0 Å². The molecule has 0 aliphatic carbocycles. The third-order valence-corrected chi connectivity index (χ3v) is 3.10. The Morgan fingerprint density at radius 2 is 2.27 bits per heavy atom. The van der Waals surface area contributed by atoms with Gasteiger partial charge >= 0.3 is 5.97 Å². The molecule has 2 rings (SSSR count). The second-order valence-corrected chi connectivity index (χ2v) is 4.13. The number of hydrogen-bond donors (Lipinski definition) is 1. The molecule has 0 aliphatic rings. The molecule has 15 heavy (non-hydrogen) atoms. The second kappa shape index (κ2) is 3.90. The van der Waals surface area contributed by atoms with E-state index < -0.39 is 5.97 Å². The van der Waals surface area contributed by atoms with Crippen molar-refractivity contribution in [3.05, 3.63) is 29.1 Å². The lowest BCUT2D eigenvalue weighted by Gasteiger charge is -2.01. The number of hydrogen-bond acceptors (Lipinski definition) is 3. The number of aromatic carboxylic acids is 1. The van der Waals surface area contributed by atoms with Crippen LogP contribution in [0.3, 0.4) is 0 Å². The smallest absolute Gasteiger partial charge is 0.345 e. The summed E-state index contributed by atoms with van der Waals surface area (Å²) in [5.74, 6) is -0.0991. The molecule has 0 saturated carbocycles. The van der Waals surface area contributed by atoms with Crippen molar-refractivity contribution in [2.24, 2.45) is 0 Å². The van der Waals surface area contributed by atoms with E-state index in [9.17, 15) is 4.79 Å². The van der Waals surface area contributed by atoms with Crippen molar-refractivity contribution < 1.29 is 14.6 Å². The lowest BCUT2D eigenvalue weighted by atomic mass is 10.2. The number of fused-ring (bicyclic) bond motifs is 1. The van der Waals surface area contributed by atoms with Gasteiger partial charge in [0.25, 0.3) is 0 Å². The Labute approximate surface area is 90.9 Å². The summed E-state index contributed by atoms with van der Waals surface area (Å²) in [6, 6.07) is 7.28. The van der Waals surface area contributed by atoms with E-state index in [0.29, 0.717) is 11.5 Å². The summed E-state index contributed by atoms with van der Waals surface area (Å²) in [5.41, 5.74) is 0. The summed E-state index contributed by atoms with van der Waals surface area (Å²) in [5, 5.41) is 9.78. The molecule has 3 nitrogen and oxygen atoms in total. The molecule has 4 heteroatoms. The Morgan fingerprint density at radius 1 is 1.47 bits per heavy atom. The fourth-order valence-corrected chi connectivity index (χ4v) is 2.30. The van der Waals surface area contributed by atoms with Gasteiger partial charge in [-0.3, -0.25) is 0 Å². The molecule has 0 unspecified atom stereocenters. The average molecular weight is 222 g/mol. The third-order valence-electron chi connectivity index (χ3n) is 2.01. The standard InChI is InChI=1S/C11H10O3S/c1-2-14-8-4-3-7-5-10(11(12)13)15-9(7)6-8/h3-6H,2H2,1H3,(H,12,13). The Balaban J connectivity index is 2.47. The minimum absolute atomic E-state index is 0.360. The number of thiophene rings is 1. The van der Waals surface area contributed by atoms with Crippen LogP contribution in [0.2, 0.25) is 0 Å². The molecule has 0 aliphatic heterocycles. The van der Waals surface area contributed by atoms with Crippen LogP contribution in [0.5, 0.6) is 5.75 Å². The maximum Gasteiger partial charge on any atom is 0.345 e. The normalized spacial score (nSPS) is 10.5. The summed E-state index contributed by atoms with van der Waals surface area (Å²) in [7, 11) is 0. The van der Waals surface area contributed by atoms with Crippen LogP contribution in [-0.2, 0) is 0 Å². The van der Waals surface area contributed by atoms with Crippen molar-refractivity contribution in [3.63, 3.8) is 0 Å². The summed E-state index contributed by atoms with van der Waals surface area (Å²) in [6.45, 7) is 2.53. The summed E-state index contributed by atoms with van der Waals surface area (Å²) in [4.78, 5) is 11.1. The number of rotatable bonds is 3. The van der Waals surface area contributed by atoms with Gasteiger partial charge in [-0.05, 0) is 36.6 Å². The van der Waals surface area contributed by atoms with Gasteiger partial charge in [0.2, 0.25) is 0 Å². The van der Waals surface area contributed by atoms with Crippen molar-refractivity contribution in [1.29, 1.82) is 0 Å². The molecule has 0 fully saturated rings. The minimum Gasteiger partial charge on any atom is -0.494 e. The first-order chi connectivity index (χ1) is 7.20. The van der Waals surface area contributed by atoms with Gasteiger partial charge in [0, 0.05) is 4.70 Å². The molecule has 0 saturated heterocycles. The number of ether oxygens (including phenoxy) is 1. The van der Waals surface area contributed by atoms with E-state index in [4.69, 9.17) is 9.84 Å². The molecule has 0 amide bonds. The molecule has 1 aromatic heterocycles. The minimum atomic E-state index is -0.880. The Hall–Kier alpha value is -1.55. The lowest BCUT2D eigenvalue weighted by Crippen LogP contribution is -1.89. The Morgan fingerprint density at radius 3 is 2.93 bits per heavy atom. The molecule has 1 N–H and O–H groups in total. The van der Waals surface area contributed by atoms with Gasteiger partial charge in [0.15, 0.2) is 0 Å². The highest BCUT2D eigenvalue weighted by molar-refractivity contribution is 7.20. The van der Waals surface area contributed by atoms with E-state index in [0.717, 1.165) is 15.8 Å². The van der Waals surface area contributed by atoms with Crippen molar-refractivity contribution in [3.8, 4) is 5.75 Å². The van der Waals surface area contributed by atoms with Crippen LogP contribution in [0.15, 0.2) is 24.3 Å². The van der Waals surface area contributed by atoms with Gasteiger partial charge in [-0.1, -0.05) is 0 Å². The van der Waals surface area contributed by atoms with Crippen molar-refractivity contribution >= 4 is 27.4 Å². The van der Waals surface area contributed by atoms with Gasteiger partial charge in [-0.25, -0.2) is 4.79 Å². The Bertz CT molecular complexity index is 502.